The largest absolute Gasteiger partial charge is 0.492 e. The van der Waals surface area contributed by atoms with E-state index in [1.807, 2.05) is 0 Å². The summed E-state index contributed by atoms with van der Waals surface area (Å²) < 4.78 is 18.8. The molecule has 0 unspecified atom stereocenters. The van der Waals surface area contributed by atoms with Gasteiger partial charge in [0.15, 0.2) is 0 Å². The van der Waals surface area contributed by atoms with Gasteiger partial charge in [-0.1, -0.05) is 41.4 Å². The molecule has 0 bridgehead atoms. The lowest BCUT2D eigenvalue weighted by atomic mass is 10.2. The maximum Gasteiger partial charge on any atom is 0.240 e. The maximum atomic E-state index is 13.3. The Balaban J connectivity index is 1.69. The van der Waals surface area contributed by atoms with Gasteiger partial charge in [-0.15, -0.1) is 0 Å². The van der Waals surface area contributed by atoms with Gasteiger partial charge in [-0.25, -0.2) is 9.82 Å². The molecular weight excluding hydrogens is 354 g/mol. The summed E-state index contributed by atoms with van der Waals surface area (Å²) in [5, 5.41) is 4.67. The predicted molar refractivity (Wildman–Crippen MR) is 93.3 cm³/mol. The van der Waals surface area contributed by atoms with E-state index in [0.717, 1.165) is 0 Å². The summed E-state index contributed by atoms with van der Waals surface area (Å²) in [5.41, 5.74) is 2.64. The smallest absolute Gasteiger partial charge is 0.240 e. The van der Waals surface area contributed by atoms with Crippen LogP contribution in [0.2, 0.25) is 10.0 Å². The van der Waals surface area contributed by atoms with Crippen LogP contribution in [-0.4, -0.2) is 18.7 Å². The summed E-state index contributed by atoms with van der Waals surface area (Å²) in [4.78, 5) is 11.6. The fourth-order valence-corrected chi connectivity index (χ4v) is 2.28. The Morgan fingerprint density at radius 3 is 2.79 bits per heavy atom. The van der Waals surface area contributed by atoms with Gasteiger partial charge in [0.05, 0.1) is 17.8 Å². The molecule has 2 aromatic carbocycles. The highest BCUT2D eigenvalue weighted by Gasteiger charge is 2.04. The van der Waals surface area contributed by atoms with Gasteiger partial charge in [-0.05, 0) is 30.7 Å². The maximum absolute atomic E-state index is 13.3. The summed E-state index contributed by atoms with van der Waals surface area (Å²) in [6.07, 6.45) is 1.97. The lowest BCUT2D eigenvalue weighted by molar-refractivity contribution is -0.121. The summed E-state index contributed by atoms with van der Waals surface area (Å²) in [7, 11) is 0. The van der Waals surface area contributed by atoms with Gasteiger partial charge >= 0.3 is 0 Å². The van der Waals surface area contributed by atoms with Gasteiger partial charge in [-0.3, -0.25) is 4.79 Å². The van der Waals surface area contributed by atoms with Crippen molar-refractivity contribution in [3.05, 3.63) is 63.9 Å². The van der Waals surface area contributed by atoms with Crippen molar-refractivity contribution in [2.45, 2.75) is 12.8 Å². The van der Waals surface area contributed by atoms with Crippen LogP contribution in [-0.2, 0) is 4.79 Å². The molecule has 0 aliphatic rings. The fourth-order valence-electron chi connectivity index (χ4n) is 1.82. The Labute approximate surface area is 149 Å². The molecule has 0 spiro atoms. The zero-order chi connectivity index (χ0) is 17.4. The van der Waals surface area contributed by atoms with Crippen LogP contribution in [0.1, 0.15) is 18.4 Å². The third-order valence-electron chi connectivity index (χ3n) is 3.00. The second-order valence-corrected chi connectivity index (χ2v) is 5.69. The number of halogens is 3. The lowest BCUT2D eigenvalue weighted by Gasteiger charge is -2.07. The van der Waals surface area contributed by atoms with Crippen molar-refractivity contribution in [3.63, 3.8) is 0 Å². The molecule has 0 aromatic heterocycles. The van der Waals surface area contributed by atoms with Crippen LogP contribution < -0.4 is 10.2 Å². The van der Waals surface area contributed by atoms with E-state index in [-0.39, 0.29) is 12.3 Å². The van der Waals surface area contributed by atoms with Crippen molar-refractivity contribution in [3.8, 4) is 5.75 Å². The molecule has 0 saturated carbocycles. The first-order chi connectivity index (χ1) is 11.6. The summed E-state index contributed by atoms with van der Waals surface area (Å²) in [5.74, 6) is -0.170. The molecule has 0 fully saturated rings. The number of ether oxygens (including phenoxy) is 1. The topological polar surface area (TPSA) is 50.7 Å². The second kappa shape index (κ2) is 9.25. The zero-order valence-corrected chi connectivity index (χ0v) is 14.1. The monoisotopic (exact) mass is 368 g/mol. The Kier molecular flexibility index (Phi) is 7.03. The van der Waals surface area contributed by atoms with Crippen molar-refractivity contribution in [1.82, 2.24) is 5.43 Å². The zero-order valence-electron chi connectivity index (χ0n) is 12.6. The molecule has 2 rings (SSSR count). The number of hydrazone groups is 1. The molecule has 1 amide bonds. The molecule has 0 saturated heterocycles. The van der Waals surface area contributed by atoms with E-state index in [0.29, 0.717) is 34.4 Å². The quantitative estimate of drug-likeness (QED) is 0.446. The third kappa shape index (κ3) is 5.83. The normalized spacial score (nSPS) is 10.8. The second-order valence-electron chi connectivity index (χ2n) is 4.84. The molecule has 0 heterocycles. The first-order valence-corrected chi connectivity index (χ1v) is 7.96. The van der Waals surface area contributed by atoms with E-state index in [1.165, 1.54) is 12.3 Å². The van der Waals surface area contributed by atoms with E-state index < -0.39 is 5.82 Å². The number of amides is 1. The first kappa shape index (κ1) is 18.2. The third-order valence-corrected chi connectivity index (χ3v) is 3.53. The van der Waals surface area contributed by atoms with Crippen LogP contribution in [0.3, 0.4) is 0 Å². The summed E-state index contributed by atoms with van der Waals surface area (Å²) in [6, 6.07) is 11.1. The van der Waals surface area contributed by atoms with Gasteiger partial charge in [-0.2, -0.15) is 5.10 Å². The van der Waals surface area contributed by atoms with E-state index in [9.17, 15) is 9.18 Å². The van der Waals surface area contributed by atoms with Gasteiger partial charge in [0.2, 0.25) is 5.91 Å². The first-order valence-electron chi connectivity index (χ1n) is 7.20. The SMILES string of the molecule is O=C(CCCOc1ccc(Cl)cc1Cl)NN=Cc1ccccc1F. The predicted octanol–water partition coefficient (Wildman–Crippen LogP) is 4.44. The molecular formula is C17H15Cl2FN2O2. The lowest BCUT2D eigenvalue weighted by Crippen LogP contribution is -2.18. The highest BCUT2D eigenvalue weighted by Crippen LogP contribution is 2.27. The van der Waals surface area contributed by atoms with Crippen molar-refractivity contribution < 1.29 is 13.9 Å². The van der Waals surface area contributed by atoms with Gasteiger partial charge < -0.3 is 4.74 Å². The molecule has 24 heavy (non-hydrogen) atoms. The number of benzene rings is 2. The van der Waals surface area contributed by atoms with Crippen LogP contribution in [0.15, 0.2) is 47.6 Å². The van der Waals surface area contributed by atoms with Crippen LogP contribution in [0.4, 0.5) is 4.39 Å². The van der Waals surface area contributed by atoms with Crippen LogP contribution in [0.5, 0.6) is 5.75 Å². The Bertz CT molecular complexity index is 738. The molecule has 4 nitrogen and oxygen atoms in total. The van der Waals surface area contributed by atoms with Crippen molar-refractivity contribution in [2.75, 3.05) is 6.61 Å². The standard InChI is InChI=1S/C17H15Cl2FN2O2/c18-13-7-8-16(14(19)10-13)24-9-3-6-17(23)22-21-11-12-4-1-2-5-15(12)20/h1-2,4-5,7-8,10-11H,3,6,9H2,(H,22,23). The number of rotatable bonds is 7. The van der Waals surface area contributed by atoms with Gasteiger partial charge in [0, 0.05) is 17.0 Å². The van der Waals surface area contributed by atoms with Crippen LogP contribution in [0, 0.1) is 5.82 Å². The Hall–Kier alpha value is -2.11. The Morgan fingerprint density at radius 2 is 2.04 bits per heavy atom. The minimum Gasteiger partial charge on any atom is -0.492 e. The Morgan fingerprint density at radius 1 is 1.25 bits per heavy atom. The summed E-state index contributed by atoms with van der Waals surface area (Å²) in [6.45, 7) is 0.325. The van der Waals surface area contributed by atoms with E-state index >= 15 is 0 Å². The van der Waals surface area contributed by atoms with Crippen molar-refractivity contribution >= 4 is 35.3 Å². The molecule has 0 atom stereocenters. The van der Waals surface area contributed by atoms with E-state index in [1.54, 1.807) is 36.4 Å². The highest BCUT2D eigenvalue weighted by atomic mass is 35.5. The number of hydrogen-bond acceptors (Lipinski definition) is 3. The molecule has 126 valence electrons. The average molecular weight is 369 g/mol. The van der Waals surface area contributed by atoms with Crippen molar-refractivity contribution in [2.24, 2.45) is 5.10 Å². The number of hydrogen-bond donors (Lipinski definition) is 1. The number of nitrogens with zero attached hydrogens (tertiary/aromatic N) is 1. The van der Waals surface area contributed by atoms with Crippen LogP contribution >= 0.6 is 23.2 Å². The molecule has 7 heteroatoms. The van der Waals surface area contributed by atoms with Gasteiger partial charge in [0.25, 0.3) is 0 Å². The van der Waals surface area contributed by atoms with Crippen LogP contribution in [0.25, 0.3) is 0 Å². The average Bonchev–Trinajstić information content (AvgIpc) is 2.55. The minimum absolute atomic E-state index is 0.222. The highest BCUT2D eigenvalue weighted by molar-refractivity contribution is 6.35. The molecule has 0 aliphatic heterocycles. The molecule has 2 aromatic rings. The molecule has 0 aliphatic carbocycles. The number of carbonyl (C=O) groups excluding carboxylic acids is 1. The van der Waals surface area contributed by atoms with Crippen molar-refractivity contribution in [1.29, 1.82) is 0 Å². The minimum atomic E-state index is -0.399. The molecule has 1 N–H and O–H groups in total. The fraction of sp³-hybridized carbons (Fsp3) is 0.176. The number of nitrogens with one attached hydrogen (secondary N) is 1. The van der Waals surface area contributed by atoms with E-state index in [2.05, 4.69) is 10.5 Å². The number of carbonyl (C=O) groups is 1. The molecule has 0 radical (unpaired) electrons. The van der Waals surface area contributed by atoms with E-state index in [4.69, 9.17) is 27.9 Å². The summed E-state index contributed by atoms with van der Waals surface area (Å²) >= 11 is 11.8. The van der Waals surface area contributed by atoms with Gasteiger partial charge in [0.1, 0.15) is 11.6 Å².